The molecule has 0 amide bonds. The van der Waals surface area contributed by atoms with E-state index in [0.29, 0.717) is 0 Å². The minimum Gasteiger partial charge on any atom is -0.375 e. The maximum absolute atomic E-state index is 5.33. The highest BCUT2D eigenvalue weighted by atomic mass is 32.1. The molecule has 0 aliphatic heterocycles. The lowest BCUT2D eigenvalue weighted by atomic mass is 10.1. The molecule has 0 bridgehead atoms. The predicted octanol–water partition coefficient (Wildman–Crippen LogP) is 2.50. The first-order chi connectivity index (χ1) is 9.66. The summed E-state index contributed by atoms with van der Waals surface area (Å²) >= 11 is 4.70. The van der Waals surface area contributed by atoms with Crippen molar-refractivity contribution in [1.82, 2.24) is 9.99 Å². The van der Waals surface area contributed by atoms with Crippen molar-refractivity contribution in [2.24, 2.45) is 17.9 Å². The molecule has 0 saturated heterocycles. The molecule has 0 fully saturated rings. The van der Waals surface area contributed by atoms with Gasteiger partial charge in [0.1, 0.15) is 0 Å². The third-order valence-corrected chi connectivity index (χ3v) is 3.42. The second kappa shape index (κ2) is 4.94. The van der Waals surface area contributed by atoms with Crippen molar-refractivity contribution in [2.75, 3.05) is 0 Å². The van der Waals surface area contributed by atoms with Crippen LogP contribution in [0.3, 0.4) is 0 Å². The zero-order valence-electron chi connectivity index (χ0n) is 11.0. The Morgan fingerprint density at radius 3 is 2.75 bits per heavy atom. The molecule has 1 aromatic heterocycles. The average molecular weight is 282 g/mol. The summed E-state index contributed by atoms with van der Waals surface area (Å²) in [5, 5.41) is 6.60. The van der Waals surface area contributed by atoms with Gasteiger partial charge in [0.2, 0.25) is 0 Å². The molecular formula is C15H14N4S. The minimum atomic E-state index is 0.160. The molecule has 0 atom stereocenters. The largest absolute Gasteiger partial charge is 0.375 e. The normalized spacial score (nSPS) is 11.4. The number of fused-ring (bicyclic) bond motifs is 3. The number of thiocarbonyl (C=S) groups is 1. The predicted molar refractivity (Wildman–Crippen MR) is 87.9 cm³/mol. The summed E-state index contributed by atoms with van der Waals surface area (Å²) in [5.74, 6) is 0. The van der Waals surface area contributed by atoms with E-state index in [4.69, 9.17) is 18.0 Å². The Bertz CT molecular complexity index is 832. The molecule has 0 aliphatic rings. The molecular weight excluding hydrogens is 268 g/mol. The van der Waals surface area contributed by atoms with E-state index in [-0.39, 0.29) is 5.11 Å². The number of aryl methyl sites for hydroxylation is 1. The molecule has 5 heteroatoms. The molecule has 3 rings (SSSR count). The number of aromatic nitrogens is 1. The van der Waals surface area contributed by atoms with Crippen LogP contribution in [0.25, 0.3) is 21.8 Å². The Hall–Kier alpha value is -2.40. The summed E-state index contributed by atoms with van der Waals surface area (Å²) in [5.41, 5.74) is 11.3. The van der Waals surface area contributed by atoms with Crippen molar-refractivity contribution in [1.29, 1.82) is 0 Å². The second-order valence-corrected chi connectivity index (χ2v) is 5.03. The smallest absolute Gasteiger partial charge is 0.184 e. The van der Waals surface area contributed by atoms with Crippen LogP contribution >= 0.6 is 12.2 Å². The molecule has 2 aromatic carbocycles. The number of hydrazone groups is 1. The highest BCUT2D eigenvalue weighted by molar-refractivity contribution is 7.80. The average Bonchev–Trinajstić information content (AvgIpc) is 2.73. The minimum absolute atomic E-state index is 0.160. The SMILES string of the molecule is Cn1c2ccccc2c2cc(/C=N/NC(N)=S)ccc21. The van der Waals surface area contributed by atoms with Gasteiger partial charge in [-0.15, -0.1) is 0 Å². The van der Waals surface area contributed by atoms with Crippen molar-refractivity contribution in [2.45, 2.75) is 0 Å². The third kappa shape index (κ3) is 2.12. The number of para-hydroxylation sites is 1. The van der Waals surface area contributed by atoms with Crippen LogP contribution in [-0.2, 0) is 7.05 Å². The van der Waals surface area contributed by atoms with E-state index >= 15 is 0 Å². The van der Waals surface area contributed by atoms with Gasteiger partial charge in [-0.2, -0.15) is 5.10 Å². The van der Waals surface area contributed by atoms with Crippen molar-refractivity contribution < 1.29 is 0 Å². The van der Waals surface area contributed by atoms with Crippen molar-refractivity contribution in [3.63, 3.8) is 0 Å². The van der Waals surface area contributed by atoms with Crippen LogP contribution in [0, 0.1) is 0 Å². The Kier molecular flexibility index (Phi) is 3.12. The summed E-state index contributed by atoms with van der Waals surface area (Å²) in [7, 11) is 2.08. The van der Waals surface area contributed by atoms with Crippen LogP contribution in [0.4, 0.5) is 0 Å². The third-order valence-electron chi connectivity index (χ3n) is 3.33. The molecule has 3 aromatic rings. The molecule has 1 heterocycles. The van der Waals surface area contributed by atoms with Gasteiger partial charge in [0.15, 0.2) is 5.11 Å². The molecule has 0 radical (unpaired) electrons. The van der Waals surface area contributed by atoms with E-state index in [1.54, 1.807) is 6.21 Å². The number of rotatable bonds is 2. The maximum Gasteiger partial charge on any atom is 0.184 e. The summed E-state index contributed by atoms with van der Waals surface area (Å²) in [6, 6.07) is 14.6. The lowest BCUT2D eigenvalue weighted by molar-refractivity contribution is 1.01. The van der Waals surface area contributed by atoms with E-state index in [2.05, 4.69) is 58.5 Å². The van der Waals surface area contributed by atoms with Gasteiger partial charge in [-0.3, -0.25) is 5.43 Å². The fraction of sp³-hybridized carbons (Fsp3) is 0.0667. The zero-order valence-corrected chi connectivity index (χ0v) is 11.8. The Morgan fingerprint density at radius 2 is 1.95 bits per heavy atom. The van der Waals surface area contributed by atoms with E-state index in [1.807, 2.05) is 6.07 Å². The van der Waals surface area contributed by atoms with Crippen LogP contribution in [0.2, 0.25) is 0 Å². The molecule has 20 heavy (non-hydrogen) atoms. The number of hydrogen-bond acceptors (Lipinski definition) is 2. The van der Waals surface area contributed by atoms with Crippen LogP contribution in [0.1, 0.15) is 5.56 Å². The van der Waals surface area contributed by atoms with Crippen LogP contribution < -0.4 is 11.2 Å². The van der Waals surface area contributed by atoms with Gasteiger partial charge >= 0.3 is 0 Å². The highest BCUT2D eigenvalue weighted by Gasteiger charge is 2.07. The lowest BCUT2D eigenvalue weighted by Crippen LogP contribution is -2.23. The monoisotopic (exact) mass is 282 g/mol. The topological polar surface area (TPSA) is 55.3 Å². The van der Waals surface area contributed by atoms with Gasteiger partial charge in [0.05, 0.1) is 6.21 Å². The standard InChI is InChI=1S/C15H14N4S/c1-19-13-5-3-2-4-11(13)12-8-10(6-7-14(12)19)9-17-18-15(16)20/h2-9H,1H3,(H3,16,18,20)/b17-9+. The second-order valence-electron chi connectivity index (χ2n) is 4.59. The first-order valence-electron chi connectivity index (χ1n) is 6.22. The van der Waals surface area contributed by atoms with Gasteiger partial charge in [-0.05, 0) is 36.0 Å². The highest BCUT2D eigenvalue weighted by Crippen LogP contribution is 2.28. The number of nitrogens with two attached hydrogens (primary N) is 1. The number of benzene rings is 2. The summed E-state index contributed by atoms with van der Waals surface area (Å²) in [4.78, 5) is 0. The molecule has 0 unspecified atom stereocenters. The molecule has 100 valence electrons. The molecule has 4 nitrogen and oxygen atoms in total. The molecule has 0 saturated carbocycles. The first kappa shape index (κ1) is 12.6. The Labute approximate surface area is 121 Å². The van der Waals surface area contributed by atoms with E-state index in [9.17, 15) is 0 Å². The lowest BCUT2D eigenvalue weighted by Gasteiger charge is -1.98. The maximum atomic E-state index is 5.33. The Morgan fingerprint density at radius 1 is 1.20 bits per heavy atom. The van der Waals surface area contributed by atoms with E-state index < -0.39 is 0 Å². The van der Waals surface area contributed by atoms with E-state index in [1.165, 1.54) is 21.8 Å². The van der Waals surface area contributed by atoms with Crippen LogP contribution in [0.15, 0.2) is 47.6 Å². The van der Waals surface area contributed by atoms with Crippen LogP contribution in [-0.4, -0.2) is 15.9 Å². The number of hydrogen-bond donors (Lipinski definition) is 2. The molecule has 0 aliphatic carbocycles. The van der Waals surface area contributed by atoms with Crippen LogP contribution in [0.5, 0.6) is 0 Å². The fourth-order valence-corrected chi connectivity index (χ4v) is 2.49. The molecule has 0 spiro atoms. The zero-order chi connectivity index (χ0) is 14.1. The summed E-state index contributed by atoms with van der Waals surface area (Å²) in [6.07, 6.45) is 1.71. The summed E-state index contributed by atoms with van der Waals surface area (Å²) in [6.45, 7) is 0. The van der Waals surface area contributed by atoms with Gasteiger partial charge in [-0.25, -0.2) is 0 Å². The van der Waals surface area contributed by atoms with Gasteiger partial charge in [0, 0.05) is 28.9 Å². The number of nitrogens with one attached hydrogen (secondary N) is 1. The van der Waals surface area contributed by atoms with Crippen molar-refractivity contribution >= 4 is 45.4 Å². The quantitative estimate of drug-likeness (QED) is 0.431. The van der Waals surface area contributed by atoms with Gasteiger partial charge in [0.25, 0.3) is 0 Å². The van der Waals surface area contributed by atoms with E-state index in [0.717, 1.165) is 5.56 Å². The summed E-state index contributed by atoms with van der Waals surface area (Å²) < 4.78 is 2.19. The van der Waals surface area contributed by atoms with Crippen molar-refractivity contribution in [3.8, 4) is 0 Å². The van der Waals surface area contributed by atoms with Gasteiger partial charge < -0.3 is 10.3 Å². The van der Waals surface area contributed by atoms with Crippen molar-refractivity contribution in [3.05, 3.63) is 48.0 Å². The Balaban J connectivity index is 2.13. The first-order valence-corrected chi connectivity index (χ1v) is 6.63. The van der Waals surface area contributed by atoms with Gasteiger partial charge in [-0.1, -0.05) is 24.3 Å². The fourth-order valence-electron chi connectivity index (χ4n) is 2.44. The molecule has 3 N–H and O–H groups in total. The number of nitrogens with zero attached hydrogens (tertiary/aromatic N) is 2.